The molecule has 27 heavy (non-hydrogen) atoms. The van der Waals surface area contributed by atoms with Crippen LogP contribution in [0.3, 0.4) is 0 Å². The maximum absolute atomic E-state index is 13.0. The highest BCUT2D eigenvalue weighted by Crippen LogP contribution is 2.26. The van der Waals surface area contributed by atoms with Crippen molar-refractivity contribution in [1.82, 2.24) is 9.88 Å². The lowest BCUT2D eigenvalue weighted by atomic mass is 9.95. The molecule has 2 amide bonds. The highest BCUT2D eigenvalue weighted by atomic mass is 16.5. The summed E-state index contributed by atoms with van der Waals surface area (Å²) >= 11 is 0. The molecule has 4 rings (SSSR count). The Morgan fingerprint density at radius 1 is 1.15 bits per heavy atom. The Kier molecular flexibility index (Phi) is 4.24. The van der Waals surface area contributed by atoms with Gasteiger partial charge in [0.1, 0.15) is 6.04 Å². The fourth-order valence-electron chi connectivity index (χ4n) is 3.61. The van der Waals surface area contributed by atoms with Crippen molar-refractivity contribution in [2.45, 2.75) is 18.9 Å². The zero-order valence-electron chi connectivity index (χ0n) is 14.8. The topological polar surface area (TPSA) is 79.5 Å². The van der Waals surface area contributed by atoms with Crippen LogP contribution in [0.4, 0.5) is 0 Å². The number of aromatic amines is 1. The van der Waals surface area contributed by atoms with Crippen LogP contribution in [0, 0.1) is 0 Å². The number of para-hydroxylation sites is 1. The number of hydrogen-bond donors (Lipinski definition) is 1. The molecule has 1 aliphatic heterocycles. The van der Waals surface area contributed by atoms with E-state index in [9.17, 15) is 14.4 Å². The molecule has 1 atom stereocenters. The number of fused-ring (bicyclic) bond motifs is 2. The maximum atomic E-state index is 13.0. The van der Waals surface area contributed by atoms with Gasteiger partial charge in [-0.2, -0.15) is 0 Å². The fourth-order valence-corrected chi connectivity index (χ4v) is 3.61. The first-order valence-corrected chi connectivity index (χ1v) is 8.67. The van der Waals surface area contributed by atoms with E-state index in [0.717, 1.165) is 21.4 Å². The summed E-state index contributed by atoms with van der Waals surface area (Å²) in [5.74, 6) is -1.47. The number of rotatable bonds is 4. The van der Waals surface area contributed by atoms with Crippen molar-refractivity contribution < 1.29 is 19.1 Å². The zero-order chi connectivity index (χ0) is 19.0. The van der Waals surface area contributed by atoms with Crippen LogP contribution in [0.2, 0.25) is 0 Å². The van der Waals surface area contributed by atoms with Gasteiger partial charge in [-0.1, -0.05) is 36.4 Å². The number of imide groups is 1. The second-order valence-electron chi connectivity index (χ2n) is 6.51. The number of aromatic nitrogens is 1. The number of methoxy groups -OCH3 is 1. The van der Waals surface area contributed by atoms with E-state index in [2.05, 4.69) is 4.98 Å². The van der Waals surface area contributed by atoms with Crippen LogP contribution < -0.4 is 0 Å². The molecule has 0 aliphatic carbocycles. The first-order valence-electron chi connectivity index (χ1n) is 8.67. The molecule has 0 unspecified atom stereocenters. The van der Waals surface area contributed by atoms with Gasteiger partial charge in [0.2, 0.25) is 5.91 Å². The van der Waals surface area contributed by atoms with Gasteiger partial charge in [-0.25, -0.2) is 4.79 Å². The van der Waals surface area contributed by atoms with Gasteiger partial charge in [-0.05, 0) is 23.3 Å². The molecule has 1 aliphatic rings. The fraction of sp³-hybridized carbons (Fsp3) is 0.190. The molecule has 0 saturated heterocycles. The number of nitrogens with zero attached hydrogens (tertiary/aromatic N) is 1. The number of esters is 1. The maximum Gasteiger partial charge on any atom is 0.329 e. The smallest absolute Gasteiger partial charge is 0.329 e. The van der Waals surface area contributed by atoms with Crippen molar-refractivity contribution in [3.63, 3.8) is 0 Å². The van der Waals surface area contributed by atoms with Crippen LogP contribution in [0.1, 0.15) is 21.5 Å². The Hall–Kier alpha value is -3.41. The van der Waals surface area contributed by atoms with Crippen LogP contribution in [-0.2, 0) is 27.2 Å². The van der Waals surface area contributed by atoms with E-state index >= 15 is 0 Å². The molecule has 0 spiro atoms. The minimum absolute atomic E-state index is 0.0866. The van der Waals surface area contributed by atoms with Crippen LogP contribution in [0.5, 0.6) is 0 Å². The SMILES string of the molecule is COC(=O)[C@H](Cc1c[nH]c2ccccc12)N1C(=O)Cc2ccccc2C1=O. The number of carbonyl (C=O) groups excluding carboxylic acids is 3. The molecule has 0 fully saturated rings. The first kappa shape index (κ1) is 17.0. The molecular weight excluding hydrogens is 344 g/mol. The Bertz CT molecular complexity index is 1050. The summed E-state index contributed by atoms with van der Waals surface area (Å²) < 4.78 is 4.92. The number of carbonyl (C=O) groups is 3. The summed E-state index contributed by atoms with van der Waals surface area (Å²) in [6, 6.07) is 13.6. The van der Waals surface area contributed by atoms with Crippen molar-refractivity contribution >= 4 is 28.7 Å². The molecule has 0 saturated carbocycles. The first-order chi connectivity index (χ1) is 13.1. The van der Waals surface area contributed by atoms with E-state index in [0.29, 0.717) is 11.1 Å². The molecule has 3 aromatic rings. The third-order valence-electron chi connectivity index (χ3n) is 4.95. The van der Waals surface area contributed by atoms with Crippen LogP contribution in [0.15, 0.2) is 54.7 Å². The van der Waals surface area contributed by atoms with Gasteiger partial charge in [0.15, 0.2) is 0 Å². The molecule has 6 heteroatoms. The summed E-state index contributed by atoms with van der Waals surface area (Å²) in [5, 5.41) is 0.948. The van der Waals surface area contributed by atoms with E-state index < -0.39 is 23.8 Å². The Labute approximate surface area is 155 Å². The van der Waals surface area contributed by atoms with Gasteiger partial charge in [0, 0.05) is 29.1 Å². The Morgan fingerprint density at radius 3 is 2.70 bits per heavy atom. The number of ether oxygens (including phenoxy) is 1. The molecular formula is C21H18N2O4. The predicted octanol–water partition coefficient (Wildman–Crippen LogP) is 2.48. The van der Waals surface area contributed by atoms with E-state index in [1.165, 1.54) is 7.11 Å². The third kappa shape index (κ3) is 2.89. The van der Waals surface area contributed by atoms with Gasteiger partial charge >= 0.3 is 5.97 Å². The highest BCUT2D eigenvalue weighted by molar-refractivity contribution is 6.11. The molecule has 2 heterocycles. The van der Waals surface area contributed by atoms with Gasteiger partial charge in [-0.3, -0.25) is 14.5 Å². The average Bonchev–Trinajstić information content (AvgIpc) is 3.09. The normalized spacial score (nSPS) is 14.9. The molecule has 1 aromatic heterocycles. The lowest BCUT2D eigenvalue weighted by Crippen LogP contribution is -2.53. The van der Waals surface area contributed by atoms with E-state index in [-0.39, 0.29) is 12.8 Å². The van der Waals surface area contributed by atoms with E-state index in [1.54, 1.807) is 30.5 Å². The Balaban J connectivity index is 1.73. The van der Waals surface area contributed by atoms with Crippen molar-refractivity contribution in [2.75, 3.05) is 7.11 Å². The number of amides is 2. The summed E-state index contributed by atoms with van der Waals surface area (Å²) in [6.45, 7) is 0. The second-order valence-corrected chi connectivity index (χ2v) is 6.51. The van der Waals surface area contributed by atoms with Gasteiger partial charge in [-0.15, -0.1) is 0 Å². The largest absolute Gasteiger partial charge is 0.467 e. The van der Waals surface area contributed by atoms with Gasteiger partial charge in [0.05, 0.1) is 13.5 Å². The monoisotopic (exact) mass is 362 g/mol. The lowest BCUT2D eigenvalue weighted by Gasteiger charge is -2.32. The van der Waals surface area contributed by atoms with Crippen molar-refractivity contribution in [3.8, 4) is 0 Å². The number of benzene rings is 2. The molecule has 0 radical (unpaired) electrons. The summed E-state index contributed by atoms with van der Waals surface area (Å²) in [4.78, 5) is 42.4. The quantitative estimate of drug-likeness (QED) is 0.571. The van der Waals surface area contributed by atoms with Crippen molar-refractivity contribution in [2.24, 2.45) is 0 Å². The van der Waals surface area contributed by atoms with E-state index in [1.807, 2.05) is 24.3 Å². The number of H-pyrrole nitrogens is 1. The molecule has 0 bridgehead atoms. The minimum atomic E-state index is -1.01. The molecule has 136 valence electrons. The molecule has 6 nitrogen and oxygen atoms in total. The standard InChI is InChI=1S/C21H18N2O4/c1-27-21(26)18(10-14-12-22-17-9-5-4-7-15(14)17)23-19(24)11-13-6-2-3-8-16(13)20(23)25/h2-9,12,18,22H,10-11H2,1H3/t18-/m0/s1. The van der Waals surface area contributed by atoms with Crippen molar-refractivity contribution in [3.05, 3.63) is 71.4 Å². The van der Waals surface area contributed by atoms with Crippen LogP contribution >= 0.6 is 0 Å². The van der Waals surface area contributed by atoms with Crippen molar-refractivity contribution in [1.29, 1.82) is 0 Å². The Morgan fingerprint density at radius 2 is 1.89 bits per heavy atom. The second kappa shape index (κ2) is 6.72. The zero-order valence-corrected chi connectivity index (χ0v) is 14.8. The number of hydrogen-bond acceptors (Lipinski definition) is 4. The highest BCUT2D eigenvalue weighted by Gasteiger charge is 2.40. The average molecular weight is 362 g/mol. The molecule has 1 N–H and O–H groups in total. The van der Waals surface area contributed by atoms with Gasteiger partial charge < -0.3 is 9.72 Å². The van der Waals surface area contributed by atoms with E-state index in [4.69, 9.17) is 4.74 Å². The summed E-state index contributed by atoms with van der Waals surface area (Å²) in [7, 11) is 1.26. The number of nitrogens with one attached hydrogen (secondary N) is 1. The third-order valence-corrected chi connectivity index (χ3v) is 4.95. The minimum Gasteiger partial charge on any atom is -0.467 e. The summed E-state index contributed by atoms with van der Waals surface area (Å²) in [6.07, 6.45) is 2.08. The van der Waals surface area contributed by atoms with Crippen LogP contribution in [-0.4, -0.2) is 40.8 Å². The summed E-state index contributed by atoms with van der Waals surface area (Å²) in [5.41, 5.74) is 2.91. The molecule has 2 aromatic carbocycles. The van der Waals surface area contributed by atoms with Gasteiger partial charge in [0.25, 0.3) is 5.91 Å². The lowest BCUT2D eigenvalue weighted by molar-refractivity contribution is -0.150. The van der Waals surface area contributed by atoms with Crippen LogP contribution in [0.25, 0.3) is 10.9 Å². The predicted molar refractivity (Wildman–Crippen MR) is 99.1 cm³/mol.